The number of ether oxygens (including phenoxy) is 1. The van der Waals surface area contributed by atoms with Gasteiger partial charge in [-0.2, -0.15) is 0 Å². The van der Waals surface area contributed by atoms with E-state index < -0.39 is 6.10 Å². The molecule has 0 saturated heterocycles. The lowest BCUT2D eigenvalue weighted by Crippen LogP contribution is -2.04. The predicted octanol–water partition coefficient (Wildman–Crippen LogP) is 2.50. The van der Waals surface area contributed by atoms with Gasteiger partial charge < -0.3 is 9.84 Å². The number of nitrogens with zero attached hydrogens (tertiary/aromatic N) is 2. The first-order valence-corrected chi connectivity index (χ1v) is 5.97. The molecule has 0 saturated carbocycles. The van der Waals surface area contributed by atoms with Crippen LogP contribution >= 0.6 is 0 Å². The van der Waals surface area contributed by atoms with E-state index in [0.717, 1.165) is 5.56 Å². The zero-order valence-electron chi connectivity index (χ0n) is 10.3. The molecule has 2 rings (SSSR count). The van der Waals surface area contributed by atoms with E-state index in [-0.39, 0.29) is 0 Å². The molecule has 1 aromatic heterocycles. The number of para-hydroxylation sites is 1. The highest BCUT2D eigenvalue weighted by atomic mass is 16.5. The predicted molar refractivity (Wildman–Crippen MR) is 68.1 cm³/mol. The minimum absolute atomic E-state index is 0.300. The number of aliphatic hydroxyl groups is 1. The van der Waals surface area contributed by atoms with Crippen LogP contribution in [-0.4, -0.2) is 15.1 Å². The number of aromatic nitrogens is 2. The molecule has 0 bridgehead atoms. The van der Waals surface area contributed by atoms with E-state index in [4.69, 9.17) is 4.74 Å². The van der Waals surface area contributed by atoms with Gasteiger partial charge in [0.2, 0.25) is 0 Å². The van der Waals surface area contributed by atoms with Crippen molar-refractivity contribution in [3.8, 4) is 5.75 Å². The molecule has 0 amide bonds. The Kier molecular flexibility index (Phi) is 4.25. The second-order valence-corrected chi connectivity index (χ2v) is 3.92. The van der Waals surface area contributed by atoms with Gasteiger partial charge in [0.1, 0.15) is 12.4 Å². The summed E-state index contributed by atoms with van der Waals surface area (Å²) in [5.41, 5.74) is 0.802. The molecule has 1 aromatic carbocycles. The third-order valence-electron chi connectivity index (χ3n) is 2.64. The fraction of sp³-hybridized carbons (Fsp3) is 0.286. The second kappa shape index (κ2) is 6.12. The maximum absolute atomic E-state index is 9.90. The second-order valence-electron chi connectivity index (χ2n) is 3.92. The molecule has 94 valence electrons. The molecular formula is C14H16N2O2. The first-order valence-electron chi connectivity index (χ1n) is 5.97. The maximum Gasteiger partial charge on any atom is 0.166 e. The Morgan fingerprint density at radius 3 is 2.61 bits per heavy atom. The molecule has 0 aliphatic carbocycles. The van der Waals surface area contributed by atoms with E-state index in [9.17, 15) is 5.11 Å². The summed E-state index contributed by atoms with van der Waals surface area (Å²) in [6.45, 7) is 2.23. The van der Waals surface area contributed by atoms with Gasteiger partial charge in [-0.15, -0.1) is 0 Å². The Morgan fingerprint density at radius 1 is 1.17 bits per heavy atom. The van der Waals surface area contributed by atoms with Gasteiger partial charge in [-0.3, -0.25) is 0 Å². The van der Waals surface area contributed by atoms with Gasteiger partial charge >= 0.3 is 0 Å². The Balaban J connectivity index is 2.10. The van der Waals surface area contributed by atoms with Crippen LogP contribution in [0.15, 0.2) is 42.7 Å². The lowest BCUT2D eigenvalue weighted by molar-refractivity contribution is 0.166. The molecule has 0 unspecified atom stereocenters. The fourth-order valence-corrected chi connectivity index (χ4v) is 1.65. The van der Waals surface area contributed by atoms with Crippen molar-refractivity contribution >= 4 is 0 Å². The summed E-state index contributed by atoms with van der Waals surface area (Å²) >= 11 is 0. The topological polar surface area (TPSA) is 55.2 Å². The van der Waals surface area contributed by atoms with Gasteiger partial charge in [0.15, 0.2) is 5.82 Å². The monoisotopic (exact) mass is 244 g/mol. The first-order chi connectivity index (χ1) is 8.81. The molecule has 2 aromatic rings. The molecule has 0 aliphatic heterocycles. The Labute approximate surface area is 106 Å². The van der Waals surface area contributed by atoms with Gasteiger partial charge in [0.25, 0.3) is 0 Å². The molecule has 0 aliphatic rings. The van der Waals surface area contributed by atoms with E-state index in [0.29, 0.717) is 24.6 Å². The van der Waals surface area contributed by atoms with Crippen molar-refractivity contribution < 1.29 is 9.84 Å². The summed E-state index contributed by atoms with van der Waals surface area (Å²) in [6, 6.07) is 9.25. The molecule has 1 N–H and O–H groups in total. The summed E-state index contributed by atoms with van der Waals surface area (Å²) in [5, 5.41) is 9.90. The van der Waals surface area contributed by atoms with Crippen LogP contribution in [0.2, 0.25) is 0 Å². The van der Waals surface area contributed by atoms with Crippen LogP contribution in [0.4, 0.5) is 0 Å². The summed E-state index contributed by atoms with van der Waals surface area (Å²) in [5.74, 6) is 1.30. The molecule has 0 spiro atoms. The normalized spacial score (nSPS) is 12.1. The highest BCUT2D eigenvalue weighted by Gasteiger charge is 2.11. The van der Waals surface area contributed by atoms with Gasteiger partial charge in [0.05, 0.1) is 6.10 Å². The SMILES string of the molecule is CC[C@H](O)c1ccccc1OCc1ncccn1. The highest BCUT2D eigenvalue weighted by Crippen LogP contribution is 2.27. The quantitative estimate of drug-likeness (QED) is 0.878. The van der Waals surface area contributed by atoms with Crippen molar-refractivity contribution in [3.05, 3.63) is 54.1 Å². The Morgan fingerprint density at radius 2 is 1.89 bits per heavy atom. The van der Waals surface area contributed by atoms with E-state index in [1.807, 2.05) is 31.2 Å². The molecule has 4 nitrogen and oxygen atoms in total. The Bertz CT molecular complexity index is 488. The maximum atomic E-state index is 9.90. The zero-order valence-corrected chi connectivity index (χ0v) is 10.3. The standard InChI is InChI=1S/C14H16N2O2/c1-2-12(17)11-6-3-4-7-13(11)18-10-14-15-8-5-9-16-14/h3-9,12,17H,2,10H2,1H3/t12-/m0/s1. The minimum atomic E-state index is -0.502. The van der Waals surface area contributed by atoms with Gasteiger partial charge in [-0.25, -0.2) is 9.97 Å². The van der Waals surface area contributed by atoms with Crippen molar-refractivity contribution in [2.75, 3.05) is 0 Å². The van der Waals surface area contributed by atoms with Crippen LogP contribution in [0.25, 0.3) is 0 Å². The van der Waals surface area contributed by atoms with E-state index in [1.54, 1.807) is 18.5 Å². The molecule has 4 heteroatoms. The molecule has 18 heavy (non-hydrogen) atoms. The van der Waals surface area contributed by atoms with Crippen LogP contribution in [-0.2, 0) is 6.61 Å². The minimum Gasteiger partial charge on any atom is -0.485 e. The van der Waals surface area contributed by atoms with Crippen LogP contribution in [0.1, 0.15) is 30.8 Å². The van der Waals surface area contributed by atoms with E-state index in [2.05, 4.69) is 9.97 Å². The summed E-state index contributed by atoms with van der Waals surface area (Å²) in [6.07, 6.45) is 3.51. The van der Waals surface area contributed by atoms with Crippen molar-refractivity contribution in [3.63, 3.8) is 0 Å². The largest absolute Gasteiger partial charge is 0.485 e. The van der Waals surface area contributed by atoms with Crippen molar-refractivity contribution in [1.29, 1.82) is 0 Å². The van der Waals surface area contributed by atoms with E-state index in [1.165, 1.54) is 0 Å². The zero-order chi connectivity index (χ0) is 12.8. The van der Waals surface area contributed by atoms with E-state index >= 15 is 0 Å². The van der Waals surface area contributed by atoms with Gasteiger partial charge in [-0.05, 0) is 18.6 Å². The lowest BCUT2D eigenvalue weighted by atomic mass is 10.1. The number of rotatable bonds is 5. The summed E-state index contributed by atoms with van der Waals surface area (Å²) in [7, 11) is 0. The molecule has 0 radical (unpaired) electrons. The van der Waals surface area contributed by atoms with Crippen LogP contribution in [0.5, 0.6) is 5.75 Å². The molecular weight excluding hydrogens is 228 g/mol. The summed E-state index contributed by atoms with van der Waals surface area (Å²) in [4.78, 5) is 8.18. The van der Waals surface area contributed by atoms with Crippen molar-refractivity contribution in [1.82, 2.24) is 9.97 Å². The average molecular weight is 244 g/mol. The number of hydrogen-bond donors (Lipinski definition) is 1. The van der Waals surface area contributed by atoms with Crippen LogP contribution < -0.4 is 4.74 Å². The third-order valence-corrected chi connectivity index (χ3v) is 2.64. The smallest absolute Gasteiger partial charge is 0.166 e. The average Bonchev–Trinajstić information content (AvgIpc) is 2.45. The fourth-order valence-electron chi connectivity index (χ4n) is 1.65. The summed E-state index contributed by atoms with van der Waals surface area (Å²) < 4.78 is 5.66. The van der Waals surface area contributed by atoms with Crippen molar-refractivity contribution in [2.24, 2.45) is 0 Å². The van der Waals surface area contributed by atoms with Crippen LogP contribution in [0.3, 0.4) is 0 Å². The molecule has 1 heterocycles. The number of aliphatic hydroxyl groups excluding tert-OH is 1. The highest BCUT2D eigenvalue weighted by molar-refractivity contribution is 5.35. The lowest BCUT2D eigenvalue weighted by Gasteiger charge is -2.14. The number of benzene rings is 1. The van der Waals surface area contributed by atoms with Crippen molar-refractivity contribution in [2.45, 2.75) is 26.1 Å². The third kappa shape index (κ3) is 3.05. The first kappa shape index (κ1) is 12.5. The number of hydrogen-bond acceptors (Lipinski definition) is 4. The van der Waals surface area contributed by atoms with Gasteiger partial charge in [0, 0.05) is 18.0 Å². The Hall–Kier alpha value is -1.94. The van der Waals surface area contributed by atoms with Crippen LogP contribution in [0, 0.1) is 0 Å². The molecule has 0 fully saturated rings. The molecule has 1 atom stereocenters. The van der Waals surface area contributed by atoms with Gasteiger partial charge in [-0.1, -0.05) is 25.1 Å².